The first-order chi connectivity index (χ1) is 11.1. The lowest BCUT2D eigenvalue weighted by Crippen LogP contribution is -2.15. The van der Waals surface area contributed by atoms with Gasteiger partial charge in [-0.15, -0.1) is 0 Å². The Labute approximate surface area is 137 Å². The summed E-state index contributed by atoms with van der Waals surface area (Å²) in [5.41, 5.74) is 12.9. The highest BCUT2D eigenvalue weighted by Crippen LogP contribution is 2.32. The van der Waals surface area contributed by atoms with Crippen molar-refractivity contribution in [2.45, 2.75) is 32.6 Å². The van der Waals surface area contributed by atoms with Crippen LogP contribution in [0.2, 0.25) is 0 Å². The Morgan fingerprint density at radius 1 is 1.09 bits per heavy atom. The summed E-state index contributed by atoms with van der Waals surface area (Å²) in [6.07, 6.45) is 2.17. The van der Waals surface area contributed by atoms with E-state index in [0.29, 0.717) is 0 Å². The van der Waals surface area contributed by atoms with E-state index < -0.39 is 0 Å². The largest absolute Gasteiger partial charge is 0.350 e. The van der Waals surface area contributed by atoms with Gasteiger partial charge in [0.1, 0.15) is 0 Å². The fourth-order valence-corrected chi connectivity index (χ4v) is 3.70. The first kappa shape index (κ1) is 14.5. The first-order valence-corrected chi connectivity index (χ1v) is 8.24. The van der Waals surface area contributed by atoms with Crippen LogP contribution in [0.4, 0.5) is 0 Å². The van der Waals surface area contributed by atoms with Gasteiger partial charge in [0.25, 0.3) is 0 Å². The summed E-state index contributed by atoms with van der Waals surface area (Å²) in [4.78, 5) is 2.50. The van der Waals surface area contributed by atoms with Crippen molar-refractivity contribution in [2.24, 2.45) is 12.8 Å². The van der Waals surface area contributed by atoms with Crippen molar-refractivity contribution in [3.05, 3.63) is 70.9 Å². The van der Waals surface area contributed by atoms with Crippen LogP contribution in [0.15, 0.2) is 48.7 Å². The number of hydrogen-bond acceptors (Lipinski definition) is 2. The van der Waals surface area contributed by atoms with Gasteiger partial charge in [0.2, 0.25) is 0 Å². The van der Waals surface area contributed by atoms with Crippen molar-refractivity contribution in [1.29, 1.82) is 0 Å². The third-order valence-corrected chi connectivity index (χ3v) is 4.87. The third kappa shape index (κ3) is 2.56. The molecular formula is C20H23N3. The quantitative estimate of drug-likeness (QED) is 0.800. The van der Waals surface area contributed by atoms with E-state index in [4.69, 9.17) is 5.73 Å². The molecule has 0 amide bonds. The first-order valence-electron chi connectivity index (χ1n) is 8.24. The molecule has 0 saturated carbocycles. The van der Waals surface area contributed by atoms with Crippen LogP contribution in [-0.2, 0) is 26.7 Å². The zero-order chi connectivity index (χ0) is 16.0. The number of benzene rings is 2. The second-order valence-electron chi connectivity index (χ2n) is 6.75. The molecule has 0 fully saturated rings. The van der Waals surface area contributed by atoms with Crippen LogP contribution in [0.1, 0.15) is 35.2 Å². The molecule has 2 heterocycles. The number of fused-ring (bicyclic) bond motifs is 2. The molecule has 1 aliphatic heterocycles. The number of aryl methyl sites for hydroxylation is 1. The van der Waals surface area contributed by atoms with Gasteiger partial charge in [0.05, 0.1) is 0 Å². The van der Waals surface area contributed by atoms with Crippen molar-refractivity contribution in [1.82, 2.24) is 9.47 Å². The van der Waals surface area contributed by atoms with Crippen molar-refractivity contribution in [3.63, 3.8) is 0 Å². The molecule has 23 heavy (non-hydrogen) atoms. The summed E-state index contributed by atoms with van der Waals surface area (Å²) in [6.45, 7) is 5.11. The highest BCUT2D eigenvalue weighted by molar-refractivity contribution is 5.86. The van der Waals surface area contributed by atoms with E-state index in [1.165, 1.54) is 33.2 Å². The summed E-state index contributed by atoms with van der Waals surface area (Å²) in [5.74, 6) is 0. The Balaban J connectivity index is 1.66. The van der Waals surface area contributed by atoms with E-state index in [-0.39, 0.29) is 6.04 Å². The molecule has 1 aliphatic rings. The zero-order valence-corrected chi connectivity index (χ0v) is 13.8. The molecule has 1 aromatic heterocycles. The number of nitrogens with two attached hydrogens (primary N) is 1. The van der Waals surface area contributed by atoms with Gasteiger partial charge in [-0.2, -0.15) is 0 Å². The van der Waals surface area contributed by atoms with Gasteiger partial charge in [-0.1, -0.05) is 30.3 Å². The molecule has 3 aromatic rings. The van der Waals surface area contributed by atoms with Crippen LogP contribution in [0, 0.1) is 0 Å². The van der Waals surface area contributed by atoms with Crippen LogP contribution >= 0.6 is 0 Å². The zero-order valence-electron chi connectivity index (χ0n) is 13.8. The fourth-order valence-electron chi connectivity index (χ4n) is 3.70. The molecule has 2 N–H and O–H groups in total. The van der Waals surface area contributed by atoms with Crippen LogP contribution in [-0.4, -0.2) is 9.47 Å². The molecule has 1 atom stereocenters. The smallest absolute Gasteiger partial charge is 0.0484 e. The fraction of sp³-hybridized carbons (Fsp3) is 0.300. The topological polar surface area (TPSA) is 34.2 Å². The summed E-state index contributed by atoms with van der Waals surface area (Å²) < 4.78 is 2.20. The Kier molecular flexibility index (Phi) is 3.47. The van der Waals surface area contributed by atoms with Crippen LogP contribution < -0.4 is 5.73 Å². The van der Waals surface area contributed by atoms with Gasteiger partial charge in [0, 0.05) is 49.8 Å². The lowest BCUT2D eigenvalue weighted by molar-refractivity contribution is 0.275. The number of nitrogens with zero attached hydrogens (tertiary/aromatic N) is 2. The standard InChI is InChI=1S/C20H23N3/c1-14(21)19-13-22(2)20-9-17-12-23(11-16(17)8-18(19)20)10-15-6-4-3-5-7-15/h3-9,13-14H,10-12,21H2,1-2H3. The van der Waals surface area contributed by atoms with Crippen molar-refractivity contribution < 1.29 is 0 Å². The Bertz CT molecular complexity index is 846. The predicted octanol–water partition coefficient (Wildman–Crippen LogP) is 3.71. The van der Waals surface area contributed by atoms with E-state index in [0.717, 1.165) is 19.6 Å². The molecule has 3 nitrogen and oxygen atoms in total. The van der Waals surface area contributed by atoms with Crippen molar-refractivity contribution in [2.75, 3.05) is 0 Å². The lowest BCUT2D eigenvalue weighted by Gasteiger charge is -2.14. The summed E-state index contributed by atoms with van der Waals surface area (Å²) in [7, 11) is 2.11. The van der Waals surface area contributed by atoms with Crippen molar-refractivity contribution >= 4 is 10.9 Å². The molecule has 3 heteroatoms. The summed E-state index contributed by atoms with van der Waals surface area (Å²) >= 11 is 0. The minimum absolute atomic E-state index is 0.0681. The van der Waals surface area contributed by atoms with Crippen LogP contribution in [0.3, 0.4) is 0 Å². The van der Waals surface area contributed by atoms with E-state index >= 15 is 0 Å². The molecule has 0 radical (unpaired) electrons. The van der Waals surface area contributed by atoms with E-state index in [1.807, 2.05) is 0 Å². The summed E-state index contributed by atoms with van der Waals surface area (Å²) in [6, 6.07) is 15.5. The number of rotatable bonds is 3. The highest BCUT2D eigenvalue weighted by atomic mass is 15.1. The lowest BCUT2D eigenvalue weighted by atomic mass is 10.0. The maximum Gasteiger partial charge on any atom is 0.0484 e. The molecule has 0 bridgehead atoms. The Morgan fingerprint density at radius 3 is 2.48 bits per heavy atom. The SMILES string of the molecule is CC(N)c1cn(C)c2cc3c(cc12)CN(Cc1ccccc1)C3. The minimum atomic E-state index is 0.0681. The minimum Gasteiger partial charge on any atom is -0.350 e. The van der Waals surface area contributed by atoms with E-state index in [2.05, 4.69) is 72.1 Å². The second-order valence-corrected chi connectivity index (χ2v) is 6.75. The number of hydrogen-bond donors (Lipinski definition) is 1. The molecule has 4 rings (SSSR count). The molecular weight excluding hydrogens is 282 g/mol. The second kappa shape index (κ2) is 5.52. The van der Waals surface area contributed by atoms with E-state index in [9.17, 15) is 0 Å². The maximum atomic E-state index is 6.14. The molecule has 0 spiro atoms. The van der Waals surface area contributed by atoms with Gasteiger partial charge >= 0.3 is 0 Å². The number of aromatic nitrogens is 1. The van der Waals surface area contributed by atoms with Gasteiger partial charge < -0.3 is 10.3 Å². The molecule has 2 aromatic carbocycles. The molecule has 0 saturated heterocycles. The van der Waals surface area contributed by atoms with Crippen molar-refractivity contribution in [3.8, 4) is 0 Å². The van der Waals surface area contributed by atoms with Crippen LogP contribution in [0.25, 0.3) is 10.9 Å². The summed E-state index contributed by atoms with van der Waals surface area (Å²) in [5, 5.41) is 1.31. The highest BCUT2D eigenvalue weighted by Gasteiger charge is 2.21. The maximum absolute atomic E-state index is 6.14. The van der Waals surface area contributed by atoms with E-state index in [1.54, 1.807) is 0 Å². The Hall–Kier alpha value is -2.10. The predicted molar refractivity (Wildman–Crippen MR) is 94.9 cm³/mol. The average molecular weight is 305 g/mol. The molecule has 118 valence electrons. The average Bonchev–Trinajstić information content (AvgIpc) is 3.07. The monoisotopic (exact) mass is 305 g/mol. The van der Waals surface area contributed by atoms with Gasteiger partial charge in [0.15, 0.2) is 0 Å². The van der Waals surface area contributed by atoms with Gasteiger partial charge in [-0.25, -0.2) is 0 Å². The van der Waals surface area contributed by atoms with Gasteiger partial charge in [-0.3, -0.25) is 4.90 Å². The molecule has 0 aliphatic carbocycles. The van der Waals surface area contributed by atoms with Gasteiger partial charge in [-0.05, 0) is 41.3 Å². The Morgan fingerprint density at radius 2 is 1.78 bits per heavy atom. The molecule has 1 unspecified atom stereocenters. The van der Waals surface area contributed by atoms with Crippen LogP contribution in [0.5, 0.6) is 0 Å². The third-order valence-electron chi connectivity index (χ3n) is 4.87. The normalized spacial score (nSPS) is 16.0.